The fourth-order valence-corrected chi connectivity index (χ4v) is 1.16. The van der Waals surface area contributed by atoms with Crippen LogP contribution in [0.25, 0.3) is 0 Å². The number of hydrogen-bond acceptors (Lipinski definition) is 2. The van der Waals surface area contributed by atoms with Crippen LogP contribution in [0.15, 0.2) is 0 Å². The van der Waals surface area contributed by atoms with Crippen LogP contribution >= 0.6 is 10.7 Å². The van der Waals surface area contributed by atoms with Crippen molar-refractivity contribution in [1.82, 2.24) is 4.72 Å². The number of hydrogen-bond donors (Lipinski definition) is 1. The summed E-state index contributed by atoms with van der Waals surface area (Å²) in [6, 6.07) is 0. The van der Waals surface area contributed by atoms with Crippen molar-refractivity contribution in [2.75, 3.05) is 6.54 Å². The van der Waals surface area contributed by atoms with Gasteiger partial charge >= 0.3 is 0 Å². The van der Waals surface area contributed by atoms with Crippen LogP contribution in [-0.2, 0) is 9.24 Å². The molecular weight excluding hydrogens is 162 g/mol. The smallest absolute Gasteiger partial charge is 0.202 e. The lowest BCUT2D eigenvalue weighted by atomic mass is 10.4. The van der Waals surface area contributed by atoms with Crippen LogP contribution < -0.4 is 4.72 Å². The molecule has 54 valence electrons. The molecule has 0 aliphatic heterocycles. The van der Waals surface area contributed by atoms with Crippen LogP contribution in [0.4, 0.5) is 0 Å². The first-order valence-corrected chi connectivity index (χ1v) is 5.08. The summed E-state index contributed by atoms with van der Waals surface area (Å²) in [6.45, 7) is 0.506. The normalized spacial score (nSPS) is 20.1. The van der Waals surface area contributed by atoms with E-state index in [1.54, 1.807) is 0 Å². The summed E-state index contributed by atoms with van der Waals surface area (Å²) >= 11 is 0. The maximum absolute atomic E-state index is 10.2. The lowest BCUT2D eigenvalue weighted by molar-refractivity contribution is 0.592. The average Bonchev–Trinajstić information content (AvgIpc) is 2.38. The Kier molecular flexibility index (Phi) is 1.98. The Hall–Kier alpha value is 0.200. The minimum absolute atomic E-state index is 0.506. The molecule has 0 unspecified atom stereocenters. The molecule has 0 aromatic heterocycles. The van der Waals surface area contributed by atoms with Crippen LogP contribution in [0, 0.1) is 5.92 Å². The standard InChI is InChI=1S/C4H8ClNO2S/c5-9(7,8)6-3-4-1-2-4/h4,6H,1-3H2. The molecule has 1 saturated carbocycles. The Labute approximate surface area is 58.9 Å². The molecule has 0 spiro atoms. The molecule has 0 amide bonds. The molecule has 1 rings (SSSR count). The van der Waals surface area contributed by atoms with Gasteiger partial charge in [-0.25, -0.2) is 4.72 Å². The maximum atomic E-state index is 10.2. The molecule has 0 heterocycles. The van der Waals surface area contributed by atoms with E-state index >= 15 is 0 Å². The third-order valence-electron chi connectivity index (χ3n) is 1.24. The lowest BCUT2D eigenvalue weighted by Gasteiger charge is -1.94. The highest BCUT2D eigenvalue weighted by atomic mass is 35.7. The van der Waals surface area contributed by atoms with Crippen LogP contribution in [-0.4, -0.2) is 15.0 Å². The first-order valence-electron chi connectivity index (χ1n) is 2.77. The highest BCUT2D eigenvalue weighted by Gasteiger charge is 2.22. The second-order valence-electron chi connectivity index (χ2n) is 2.23. The Morgan fingerprint density at radius 3 is 2.44 bits per heavy atom. The number of rotatable bonds is 3. The molecule has 0 atom stereocenters. The van der Waals surface area contributed by atoms with Crippen molar-refractivity contribution in [2.45, 2.75) is 12.8 Å². The minimum atomic E-state index is -3.46. The quantitative estimate of drug-likeness (QED) is 0.625. The highest BCUT2D eigenvalue weighted by Crippen LogP contribution is 2.27. The number of nitrogens with one attached hydrogen (secondary N) is 1. The van der Waals surface area contributed by atoms with Crippen molar-refractivity contribution in [3.63, 3.8) is 0 Å². The second-order valence-corrected chi connectivity index (χ2v) is 4.61. The first-order chi connectivity index (χ1) is 4.08. The van der Waals surface area contributed by atoms with Crippen LogP contribution in [0.1, 0.15) is 12.8 Å². The lowest BCUT2D eigenvalue weighted by Crippen LogP contribution is -2.20. The van der Waals surface area contributed by atoms with E-state index in [-0.39, 0.29) is 0 Å². The fourth-order valence-electron chi connectivity index (χ4n) is 0.539. The van der Waals surface area contributed by atoms with Gasteiger partial charge in [0.05, 0.1) is 0 Å². The van der Waals surface area contributed by atoms with E-state index in [9.17, 15) is 8.42 Å². The zero-order valence-corrected chi connectivity index (χ0v) is 6.37. The highest BCUT2D eigenvalue weighted by molar-refractivity contribution is 8.12. The molecule has 1 aliphatic rings. The molecule has 1 N–H and O–H groups in total. The van der Waals surface area contributed by atoms with Gasteiger partial charge in [-0.1, -0.05) is 0 Å². The summed E-state index contributed by atoms with van der Waals surface area (Å²) in [6.07, 6.45) is 2.25. The second kappa shape index (κ2) is 2.44. The van der Waals surface area contributed by atoms with Crippen molar-refractivity contribution in [3.05, 3.63) is 0 Å². The minimum Gasteiger partial charge on any atom is -0.202 e. The van der Waals surface area contributed by atoms with E-state index in [1.165, 1.54) is 0 Å². The Morgan fingerprint density at radius 2 is 2.11 bits per heavy atom. The van der Waals surface area contributed by atoms with Crippen LogP contribution in [0.2, 0.25) is 0 Å². The Bertz CT molecular complexity index is 185. The van der Waals surface area contributed by atoms with E-state index in [2.05, 4.69) is 4.72 Å². The molecule has 0 aromatic rings. The molecule has 1 aliphatic carbocycles. The molecule has 0 saturated heterocycles. The van der Waals surface area contributed by atoms with E-state index in [1.807, 2.05) is 0 Å². The molecule has 0 aromatic carbocycles. The van der Waals surface area contributed by atoms with Gasteiger partial charge in [-0.05, 0) is 18.8 Å². The summed E-state index contributed by atoms with van der Waals surface area (Å²) in [5, 5.41) is 0. The fraction of sp³-hybridized carbons (Fsp3) is 1.00. The van der Waals surface area contributed by atoms with Gasteiger partial charge in [0.15, 0.2) is 0 Å². The predicted octanol–water partition coefficient (Wildman–Crippen LogP) is 0.470. The van der Waals surface area contributed by atoms with Crippen LogP contribution in [0.5, 0.6) is 0 Å². The topological polar surface area (TPSA) is 46.2 Å². The van der Waals surface area contributed by atoms with Crippen molar-refractivity contribution in [1.29, 1.82) is 0 Å². The van der Waals surface area contributed by atoms with E-state index in [0.29, 0.717) is 12.5 Å². The molecular formula is C4H8ClNO2S. The maximum Gasteiger partial charge on any atom is 0.297 e. The zero-order chi connectivity index (χ0) is 6.91. The summed E-state index contributed by atoms with van der Waals surface area (Å²) in [5.74, 6) is 0.540. The zero-order valence-electron chi connectivity index (χ0n) is 4.80. The molecule has 9 heavy (non-hydrogen) atoms. The van der Waals surface area contributed by atoms with E-state index in [4.69, 9.17) is 10.7 Å². The monoisotopic (exact) mass is 169 g/mol. The Morgan fingerprint density at radius 1 is 1.56 bits per heavy atom. The summed E-state index contributed by atoms with van der Waals surface area (Å²) < 4.78 is 22.7. The van der Waals surface area contributed by atoms with Gasteiger partial charge < -0.3 is 0 Å². The summed E-state index contributed by atoms with van der Waals surface area (Å²) in [5.41, 5.74) is 0. The van der Waals surface area contributed by atoms with Crippen molar-refractivity contribution in [3.8, 4) is 0 Å². The SMILES string of the molecule is O=S(=O)(Cl)NCC1CC1. The predicted molar refractivity (Wildman–Crippen MR) is 35.5 cm³/mol. The summed E-state index contributed by atoms with van der Waals surface area (Å²) in [7, 11) is 1.41. The molecule has 1 fully saturated rings. The van der Waals surface area contributed by atoms with E-state index in [0.717, 1.165) is 12.8 Å². The third-order valence-corrected chi connectivity index (χ3v) is 2.08. The Balaban J connectivity index is 2.18. The average molecular weight is 170 g/mol. The van der Waals surface area contributed by atoms with Gasteiger partial charge in [-0.3, -0.25) is 0 Å². The first kappa shape index (κ1) is 7.31. The van der Waals surface area contributed by atoms with Gasteiger partial charge in [0.2, 0.25) is 0 Å². The van der Waals surface area contributed by atoms with Gasteiger partial charge in [0, 0.05) is 17.2 Å². The van der Waals surface area contributed by atoms with Gasteiger partial charge in [-0.2, -0.15) is 8.42 Å². The van der Waals surface area contributed by atoms with Crippen molar-refractivity contribution in [2.24, 2.45) is 5.92 Å². The summed E-state index contributed by atoms with van der Waals surface area (Å²) in [4.78, 5) is 0. The van der Waals surface area contributed by atoms with E-state index < -0.39 is 9.24 Å². The van der Waals surface area contributed by atoms with Crippen molar-refractivity contribution >= 4 is 19.9 Å². The van der Waals surface area contributed by atoms with Crippen LogP contribution in [0.3, 0.4) is 0 Å². The largest absolute Gasteiger partial charge is 0.297 e. The third kappa shape index (κ3) is 3.72. The molecule has 5 heteroatoms. The van der Waals surface area contributed by atoms with Gasteiger partial charge in [-0.15, -0.1) is 0 Å². The van der Waals surface area contributed by atoms with Gasteiger partial charge in [0.25, 0.3) is 9.24 Å². The molecule has 0 radical (unpaired) electrons. The molecule has 0 bridgehead atoms. The molecule has 3 nitrogen and oxygen atoms in total. The van der Waals surface area contributed by atoms with Crippen molar-refractivity contribution < 1.29 is 8.42 Å². The number of halogens is 1. The van der Waals surface area contributed by atoms with Gasteiger partial charge in [0.1, 0.15) is 0 Å².